The molecular formula is C18H28N2O3. The average Bonchev–Trinajstić information content (AvgIpc) is 2.60. The van der Waals surface area contributed by atoms with E-state index in [1.807, 2.05) is 36.1 Å². The third-order valence-electron chi connectivity index (χ3n) is 4.25. The average molecular weight is 320 g/mol. The summed E-state index contributed by atoms with van der Waals surface area (Å²) < 4.78 is 5.23. The van der Waals surface area contributed by atoms with E-state index in [4.69, 9.17) is 4.74 Å². The lowest BCUT2D eigenvalue weighted by atomic mass is 10.1. The number of aryl methyl sites for hydroxylation is 1. The van der Waals surface area contributed by atoms with E-state index in [0.29, 0.717) is 32.8 Å². The zero-order valence-corrected chi connectivity index (χ0v) is 14.2. The molecule has 1 heterocycles. The number of aliphatic hydroxyl groups excluding tert-OH is 1. The van der Waals surface area contributed by atoms with Gasteiger partial charge in [0.2, 0.25) is 0 Å². The molecule has 23 heavy (non-hydrogen) atoms. The number of amides is 1. The van der Waals surface area contributed by atoms with Gasteiger partial charge in [-0.05, 0) is 31.0 Å². The highest BCUT2D eigenvalue weighted by atomic mass is 16.5. The van der Waals surface area contributed by atoms with Gasteiger partial charge in [-0.2, -0.15) is 0 Å². The van der Waals surface area contributed by atoms with E-state index in [1.165, 1.54) is 5.56 Å². The molecule has 1 aliphatic heterocycles. The number of β-amino-alcohol motifs (C(OH)–C–C–N with tert-alkyl or cyclic N) is 1. The molecule has 0 radical (unpaired) electrons. The van der Waals surface area contributed by atoms with Crippen molar-refractivity contribution >= 4 is 5.91 Å². The van der Waals surface area contributed by atoms with Gasteiger partial charge in [-0.25, -0.2) is 0 Å². The van der Waals surface area contributed by atoms with Crippen molar-refractivity contribution in [1.82, 2.24) is 9.80 Å². The van der Waals surface area contributed by atoms with Gasteiger partial charge in [0.15, 0.2) is 0 Å². The molecule has 1 unspecified atom stereocenters. The number of rotatable bonds is 7. The molecule has 0 bridgehead atoms. The highest BCUT2D eigenvalue weighted by molar-refractivity contribution is 5.94. The predicted octanol–water partition coefficient (Wildman–Crippen LogP) is 1.40. The van der Waals surface area contributed by atoms with Crippen LogP contribution in [0, 0.1) is 0 Å². The molecule has 1 atom stereocenters. The molecule has 5 nitrogen and oxygen atoms in total. The fourth-order valence-corrected chi connectivity index (χ4v) is 2.80. The van der Waals surface area contributed by atoms with Crippen LogP contribution in [0.2, 0.25) is 0 Å². The van der Waals surface area contributed by atoms with E-state index in [0.717, 1.165) is 25.1 Å². The Morgan fingerprint density at radius 2 is 1.83 bits per heavy atom. The zero-order valence-electron chi connectivity index (χ0n) is 14.2. The summed E-state index contributed by atoms with van der Waals surface area (Å²) in [6, 6.07) is 7.87. The lowest BCUT2D eigenvalue weighted by Crippen LogP contribution is -2.50. The second-order valence-corrected chi connectivity index (χ2v) is 5.96. The highest BCUT2D eigenvalue weighted by Crippen LogP contribution is 2.11. The molecule has 2 rings (SSSR count). The highest BCUT2D eigenvalue weighted by Gasteiger charge is 2.23. The molecule has 0 aromatic heterocycles. The first-order valence-corrected chi connectivity index (χ1v) is 8.50. The standard InChI is InChI=1S/C18H28N2O3/c1-3-15-5-7-16(8-6-15)18(22)20-11-9-19(10-12-20)13-17(21)14-23-4-2/h5-8,17,21H,3-4,9-14H2,1-2H3. The number of aliphatic hydroxyl groups is 1. The van der Waals surface area contributed by atoms with Gasteiger partial charge in [0.05, 0.1) is 12.7 Å². The third kappa shape index (κ3) is 5.30. The second kappa shape index (κ2) is 9.01. The Bertz CT molecular complexity index is 482. The fourth-order valence-electron chi connectivity index (χ4n) is 2.80. The summed E-state index contributed by atoms with van der Waals surface area (Å²) in [5.41, 5.74) is 2.00. The summed E-state index contributed by atoms with van der Waals surface area (Å²) >= 11 is 0. The van der Waals surface area contributed by atoms with E-state index >= 15 is 0 Å². The first kappa shape index (κ1) is 17.9. The lowest BCUT2D eigenvalue weighted by molar-refractivity contribution is 0.0111. The van der Waals surface area contributed by atoms with Crippen molar-refractivity contribution in [3.05, 3.63) is 35.4 Å². The maximum absolute atomic E-state index is 12.5. The molecule has 1 aromatic carbocycles. The Labute approximate surface area is 138 Å². The van der Waals surface area contributed by atoms with Gasteiger partial charge < -0.3 is 14.7 Å². The van der Waals surface area contributed by atoms with E-state index < -0.39 is 6.10 Å². The number of carbonyl (C=O) groups is 1. The minimum Gasteiger partial charge on any atom is -0.389 e. The van der Waals surface area contributed by atoms with Crippen LogP contribution in [0.1, 0.15) is 29.8 Å². The maximum Gasteiger partial charge on any atom is 0.253 e. The molecular weight excluding hydrogens is 292 g/mol. The van der Waals surface area contributed by atoms with Crippen LogP contribution in [-0.2, 0) is 11.2 Å². The molecule has 1 fully saturated rings. The number of carbonyl (C=O) groups excluding carboxylic acids is 1. The summed E-state index contributed by atoms with van der Waals surface area (Å²) in [5, 5.41) is 9.89. The largest absolute Gasteiger partial charge is 0.389 e. The van der Waals surface area contributed by atoms with Crippen molar-refractivity contribution in [2.45, 2.75) is 26.4 Å². The number of ether oxygens (including phenoxy) is 1. The van der Waals surface area contributed by atoms with Gasteiger partial charge in [-0.15, -0.1) is 0 Å². The van der Waals surface area contributed by atoms with E-state index in [1.54, 1.807) is 0 Å². The summed E-state index contributed by atoms with van der Waals surface area (Å²) in [6.07, 6.45) is 0.524. The maximum atomic E-state index is 12.5. The summed E-state index contributed by atoms with van der Waals surface area (Å²) in [7, 11) is 0. The molecule has 1 aromatic rings. The number of hydrogen-bond donors (Lipinski definition) is 1. The van der Waals surface area contributed by atoms with Crippen molar-refractivity contribution in [2.24, 2.45) is 0 Å². The number of hydrogen-bond acceptors (Lipinski definition) is 4. The molecule has 0 aliphatic carbocycles. The van der Waals surface area contributed by atoms with E-state index in [9.17, 15) is 9.90 Å². The molecule has 1 amide bonds. The van der Waals surface area contributed by atoms with Gasteiger partial charge in [-0.3, -0.25) is 9.69 Å². The molecule has 1 N–H and O–H groups in total. The fraction of sp³-hybridized carbons (Fsp3) is 0.611. The Morgan fingerprint density at radius 1 is 1.17 bits per heavy atom. The van der Waals surface area contributed by atoms with Crippen LogP contribution in [0.5, 0.6) is 0 Å². The van der Waals surface area contributed by atoms with E-state index in [-0.39, 0.29) is 5.91 Å². The van der Waals surface area contributed by atoms with Gasteiger partial charge in [0, 0.05) is 44.9 Å². The normalized spacial score (nSPS) is 17.3. The minimum atomic E-state index is -0.459. The lowest BCUT2D eigenvalue weighted by Gasteiger charge is -2.35. The Morgan fingerprint density at radius 3 is 2.39 bits per heavy atom. The van der Waals surface area contributed by atoms with Crippen molar-refractivity contribution in [3.8, 4) is 0 Å². The van der Waals surface area contributed by atoms with Gasteiger partial charge >= 0.3 is 0 Å². The molecule has 128 valence electrons. The monoisotopic (exact) mass is 320 g/mol. The smallest absolute Gasteiger partial charge is 0.253 e. The van der Waals surface area contributed by atoms with Crippen molar-refractivity contribution in [1.29, 1.82) is 0 Å². The van der Waals surface area contributed by atoms with Crippen LogP contribution in [0.25, 0.3) is 0 Å². The van der Waals surface area contributed by atoms with Crippen LogP contribution >= 0.6 is 0 Å². The number of nitrogens with zero attached hydrogens (tertiary/aromatic N) is 2. The van der Waals surface area contributed by atoms with Crippen LogP contribution < -0.4 is 0 Å². The molecule has 0 spiro atoms. The van der Waals surface area contributed by atoms with Crippen molar-refractivity contribution in [2.75, 3.05) is 45.9 Å². The summed E-state index contributed by atoms with van der Waals surface area (Å²) in [6.45, 7) is 8.62. The van der Waals surface area contributed by atoms with Crippen LogP contribution in [0.3, 0.4) is 0 Å². The SMILES string of the molecule is CCOCC(O)CN1CCN(C(=O)c2ccc(CC)cc2)CC1. The van der Waals surface area contributed by atoms with Gasteiger partial charge in [0.25, 0.3) is 5.91 Å². The first-order chi connectivity index (χ1) is 11.1. The second-order valence-electron chi connectivity index (χ2n) is 5.96. The van der Waals surface area contributed by atoms with Crippen LogP contribution in [0.4, 0.5) is 0 Å². The Kier molecular flexibility index (Phi) is 7.02. The van der Waals surface area contributed by atoms with Crippen molar-refractivity contribution in [3.63, 3.8) is 0 Å². The molecule has 1 aliphatic rings. The topological polar surface area (TPSA) is 53.0 Å². The van der Waals surface area contributed by atoms with Crippen LogP contribution in [0.15, 0.2) is 24.3 Å². The zero-order chi connectivity index (χ0) is 16.7. The third-order valence-corrected chi connectivity index (χ3v) is 4.25. The van der Waals surface area contributed by atoms with E-state index in [2.05, 4.69) is 11.8 Å². The Balaban J connectivity index is 1.80. The molecule has 5 heteroatoms. The quantitative estimate of drug-likeness (QED) is 0.825. The van der Waals surface area contributed by atoms with Gasteiger partial charge in [0.1, 0.15) is 0 Å². The van der Waals surface area contributed by atoms with Crippen molar-refractivity contribution < 1.29 is 14.6 Å². The number of benzene rings is 1. The molecule has 0 saturated carbocycles. The molecule has 1 saturated heterocycles. The summed E-state index contributed by atoms with van der Waals surface area (Å²) in [4.78, 5) is 16.6. The first-order valence-electron chi connectivity index (χ1n) is 8.50. The summed E-state index contributed by atoms with van der Waals surface area (Å²) in [5.74, 6) is 0.0992. The Hall–Kier alpha value is -1.43. The van der Waals surface area contributed by atoms with Gasteiger partial charge in [-0.1, -0.05) is 19.1 Å². The predicted molar refractivity (Wildman–Crippen MR) is 90.7 cm³/mol. The minimum absolute atomic E-state index is 0.0992. The van der Waals surface area contributed by atoms with Crippen LogP contribution in [-0.4, -0.2) is 72.9 Å². The number of piperazine rings is 1.